The van der Waals surface area contributed by atoms with Gasteiger partial charge in [-0.3, -0.25) is 4.79 Å². The molecule has 2 aromatic heterocycles. The van der Waals surface area contributed by atoms with Crippen molar-refractivity contribution >= 4 is 28.1 Å². The van der Waals surface area contributed by atoms with Crippen LogP contribution >= 0.6 is 11.3 Å². The fraction of sp³-hybridized carbons (Fsp3) is 0.174. The number of hydrogen-bond donors (Lipinski definition) is 2. The second-order valence-electron chi connectivity index (χ2n) is 6.64. The topological polar surface area (TPSA) is 44.9 Å². The van der Waals surface area contributed by atoms with Crippen molar-refractivity contribution in [3.05, 3.63) is 94.3 Å². The predicted molar refractivity (Wildman–Crippen MR) is 112 cm³/mol. The zero-order valence-electron chi connectivity index (χ0n) is 15.0. The maximum Gasteiger partial charge on any atom is 0.220 e. The summed E-state index contributed by atoms with van der Waals surface area (Å²) in [7, 11) is 0. The molecule has 0 spiro atoms. The molecule has 0 aliphatic carbocycles. The van der Waals surface area contributed by atoms with Gasteiger partial charge in [0.2, 0.25) is 5.91 Å². The first-order valence-corrected chi connectivity index (χ1v) is 10.1. The van der Waals surface area contributed by atoms with E-state index in [4.69, 9.17) is 0 Å². The molecule has 0 bridgehead atoms. The van der Waals surface area contributed by atoms with E-state index >= 15 is 0 Å². The first-order chi connectivity index (χ1) is 13.3. The van der Waals surface area contributed by atoms with Gasteiger partial charge in [0, 0.05) is 40.9 Å². The quantitative estimate of drug-likeness (QED) is 0.464. The number of nitrogens with one attached hydrogen (secondary N) is 2. The summed E-state index contributed by atoms with van der Waals surface area (Å²) in [5, 5.41) is 6.41. The number of thiophene rings is 1. The van der Waals surface area contributed by atoms with Gasteiger partial charge in [0.25, 0.3) is 0 Å². The monoisotopic (exact) mass is 374 g/mol. The van der Waals surface area contributed by atoms with E-state index in [9.17, 15) is 4.79 Å². The van der Waals surface area contributed by atoms with Gasteiger partial charge in [-0.1, -0.05) is 54.6 Å². The second kappa shape index (κ2) is 8.23. The van der Waals surface area contributed by atoms with Crippen molar-refractivity contribution in [3.63, 3.8) is 0 Å². The number of fused-ring (bicyclic) bond motifs is 1. The number of amides is 1. The van der Waals surface area contributed by atoms with Crippen molar-refractivity contribution in [3.8, 4) is 0 Å². The summed E-state index contributed by atoms with van der Waals surface area (Å²) < 4.78 is 0. The molecule has 0 saturated carbocycles. The Morgan fingerprint density at radius 2 is 1.81 bits per heavy atom. The maximum absolute atomic E-state index is 12.4. The number of carbonyl (C=O) groups is 1. The molecule has 1 atom stereocenters. The van der Waals surface area contributed by atoms with Crippen molar-refractivity contribution in [2.45, 2.75) is 18.8 Å². The Labute approximate surface area is 163 Å². The van der Waals surface area contributed by atoms with Gasteiger partial charge in [0.15, 0.2) is 0 Å². The van der Waals surface area contributed by atoms with Gasteiger partial charge in [-0.15, -0.1) is 11.3 Å². The van der Waals surface area contributed by atoms with Crippen LogP contribution in [0.25, 0.3) is 10.9 Å². The van der Waals surface area contributed by atoms with Crippen LogP contribution < -0.4 is 5.32 Å². The number of aromatic amines is 1. The summed E-state index contributed by atoms with van der Waals surface area (Å²) in [6, 6.07) is 22.8. The molecule has 1 amide bonds. The van der Waals surface area contributed by atoms with Crippen LogP contribution in [0.15, 0.2) is 78.3 Å². The van der Waals surface area contributed by atoms with E-state index < -0.39 is 0 Å². The molecule has 2 N–H and O–H groups in total. The van der Waals surface area contributed by atoms with E-state index in [1.165, 1.54) is 21.4 Å². The van der Waals surface area contributed by atoms with Crippen LogP contribution in [0, 0.1) is 0 Å². The Morgan fingerprint density at radius 3 is 2.63 bits per heavy atom. The Bertz CT molecular complexity index is 1010. The third-order valence-corrected chi connectivity index (χ3v) is 5.82. The summed E-state index contributed by atoms with van der Waals surface area (Å²) in [5.74, 6) is 0.220. The minimum absolute atomic E-state index is 0.101. The lowest BCUT2D eigenvalue weighted by Gasteiger charge is -2.18. The molecule has 0 aliphatic rings. The molecule has 0 fully saturated rings. The molecule has 4 heteroatoms. The molecule has 0 saturated heterocycles. The molecular weight excluding hydrogens is 352 g/mol. The molecule has 4 aromatic rings. The molecule has 1 unspecified atom stereocenters. The molecule has 0 aliphatic heterocycles. The minimum atomic E-state index is 0.101. The van der Waals surface area contributed by atoms with Crippen molar-refractivity contribution < 1.29 is 4.79 Å². The van der Waals surface area contributed by atoms with E-state index in [0.29, 0.717) is 13.0 Å². The fourth-order valence-corrected chi connectivity index (χ4v) is 4.18. The molecule has 27 heavy (non-hydrogen) atoms. The smallest absolute Gasteiger partial charge is 0.220 e. The van der Waals surface area contributed by atoms with E-state index in [-0.39, 0.29) is 11.8 Å². The number of para-hydroxylation sites is 1. The Kier molecular flexibility index (Phi) is 5.35. The van der Waals surface area contributed by atoms with Crippen molar-refractivity contribution in [1.29, 1.82) is 0 Å². The molecule has 3 nitrogen and oxygen atoms in total. The lowest BCUT2D eigenvalue weighted by molar-refractivity contribution is -0.121. The number of hydrogen-bond acceptors (Lipinski definition) is 2. The number of benzene rings is 2. The lowest BCUT2D eigenvalue weighted by atomic mass is 9.91. The van der Waals surface area contributed by atoms with E-state index in [2.05, 4.69) is 70.4 Å². The maximum atomic E-state index is 12.4. The molecule has 0 radical (unpaired) electrons. The van der Waals surface area contributed by atoms with Crippen LogP contribution in [0.1, 0.15) is 28.3 Å². The fourth-order valence-electron chi connectivity index (χ4n) is 3.47. The summed E-state index contributed by atoms with van der Waals surface area (Å²) in [5.41, 5.74) is 3.55. The van der Waals surface area contributed by atoms with Gasteiger partial charge in [-0.05, 0) is 35.1 Å². The van der Waals surface area contributed by atoms with Gasteiger partial charge >= 0.3 is 0 Å². The largest absolute Gasteiger partial charge is 0.361 e. The van der Waals surface area contributed by atoms with Crippen LogP contribution in [0.2, 0.25) is 0 Å². The standard InChI is InChI=1S/C23H22N2OS/c26-23(13-12-18-9-6-14-27-18)25-15-20(17-7-2-1-3-8-17)21-16-24-22-11-5-4-10-19(21)22/h1-11,14,16,20,24H,12-13,15H2,(H,25,26). The zero-order valence-corrected chi connectivity index (χ0v) is 15.8. The average molecular weight is 375 g/mol. The van der Waals surface area contributed by atoms with Crippen molar-refractivity contribution in [2.75, 3.05) is 6.54 Å². The lowest BCUT2D eigenvalue weighted by Crippen LogP contribution is -2.29. The number of aromatic nitrogens is 1. The first kappa shape index (κ1) is 17.6. The van der Waals surface area contributed by atoms with Gasteiger partial charge < -0.3 is 10.3 Å². The third kappa shape index (κ3) is 4.12. The zero-order chi connectivity index (χ0) is 18.5. The Morgan fingerprint density at radius 1 is 1.00 bits per heavy atom. The number of rotatable bonds is 7. The summed E-state index contributed by atoms with van der Waals surface area (Å²) in [4.78, 5) is 17.0. The first-order valence-electron chi connectivity index (χ1n) is 9.21. The normalized spacial score (nSPS) is 12.1. The highest BCUT2D eigenvalue weighted by molar-refractivity contribution is 7.09. The van der Waals surface area contributed by atoms with Crippen LogP contribution in [-0.2, 0) is 11.2 Å². The van der Waals surface area contributed by atoms with Gasteiger partial charge in [-0.25, -0.2) is 0 Å². The van der Waals surface area contributed by atoms with Crippen molar-refractivity contribution in [2.24, 2.45) is 0 Å². The van der Waals surface area contributed by atoms with Crippen LogP contribution in [0.3, 0.4) is 0 Å². The highest BCUT2D eigenvalue weighted by Crippen LogP contribution is 2.30. The Balaban J connectivity index is 1.51. The minimum Gasteiger partial charge on any atom is -0.361 e. The average Bonchev–Trinajstić information content (AvgIpc) is 3.38. The number of carbonyl (C=O) groups excluding carboxylic acids is 1. The van der Waals surface area contributed by atoms with Crippen molar-refractivity contribution in [1.82, 2.24) is 10.3 Å². The Hall–Kier alpha value is -2.85. The summed E-state index contributed by atoms with van der Waals surface area (Å²) >= 11 is 1.70. The summed E-state index contributed by atoms with van der Waals surface area (Å²) in [6.45, 7) is 0.592. The third-order valence-electron chi connectivity index (χ3n) is 4.88. The summed E-state index contributed by atoms with van der Waals surface area (Å²) in [6.07, 6.45) is 3.39. The van der Waals surface area contributed by atoms with Crippen LogP contribution in [-0.4, -0.2) is 17.4 Å². The van der Waals surface area contributed by atoms with Gasteiger partial charge in [0.05, 0.1) is 0 Å². The van der Waals surface area contributed by atoms with Gasteiger partial charge in [0.1, 0.15) is 0 Å². The number of H-pyrrole nitrogens is 1. The molecule has 2 aromatic carbocycles. The van der Waals surface area contributed by atoms with E-state index in [0.717, 1.165) is 11.9 Å². The van der Waals surface area contributed by atoms with Crippen LogP contribution in [0.5, 0.6) is 0 Å². The van der Waals surface area contributed by atoms with Gasteiger partial charge in [-0.2, -0.15) is 0 Å². The second-order valence-corrected chi connectivity index (χ2v) is 7.67. The SMILES string of the molecule is O=C(CCc1cccs1)NCC(c1ccccc1)c1c[nH]c2ccccc12. The highest BCUT2D eigenvalue weighted by atomic mass is 32.1. The number of aryl methyl sites for hydroxylation is 1. The molecular formula is C23H22N2OS. The molecule has 4 rings (SSSR count). The van der Waals surface area contributed by atoms with E-state index in [1.54, 1.807) is 11.3 Å². The highest BCUT2D eigenvalue weighted by Gasteiger charge is 2.18. The molecule has 136 valence electrons. The van der Waals surface area contributed by atoms with Crippen LogP contribution in [0.4, 0.5) is 0 Å². The molecule has 2 heterocycles. The van der Waals surface area contributed by atoms with E-state index in [1.807, 2.05) is 18.2 Å². The predicted octanol–water partition coefficient (Wildman–Crippen LogP) is 5.11.